The summed E-state index contributed by atoms with van der Waals surface area (Å²) < 4.78 is 41.1. The van der Waals surface area contributed by atoms with Gasteiger partial charge in [-0.05, 0) is 0 Å². The number of carbonyl (C=O) groups is 3. The number of ether oxygens (including phenoxy) is 1. The number of hydrogen-bond donors (Lipinski definition) is 1. The molecule has 0 aliphatic carbocycles. The third-order valence-corrected chi connectivity index (χ3v) is 2.18. The van der Waals surface area contributed by atoms with Crippen molar-refractivity contribution in [2.45, 2.75) is 6.18 Å². The summed E-state index contributed by atoms with van der Waals surface area (Å²) in [5, 5.41) is 8.49. The van der Waals surface area contributed by atoms with E-state index in [2.05, 4.69) is 4.74 Å². The smallest absolute Gasteiger partial charge is 0.416 e. The van der Waals surface area contributed by atoms with Gasteiger partial charge in [0.1, 0.15) is 6.61 Å². The minimum Gasteiger partial charge on any atom is -0.480 e. The third kappa shape index (κ3) is 5.12. The summed E-state index contributed by atoms with van der Waals surface area (Å²) in [7, 11) is 0. The SMILES string of the molecule is O=C(O)CN(CC(=O)N1CCOC1=O)CC(F)(F)F. The maximum Gasteiger partial charge on any atom is 0.416 e. The highest BCUT2D eigenvalue weighted by atomic mass is 19.4. The van der Waals surface area contributed by atoms with E-state index in [-0.39, 0.29) is 13.2 Å². The first-order valence-electron chi connectivity index (χ1n) is 5.17. The van der Waals surface area contributed by atoms with Crippen LogP contribution in [0.3, 0.4) is 0 Å². The lowest BCUT2D eigenvalue weighted by atomic mass is 10.4. The molecule has 1 fully saturated rings. The molecule has 1 rings (SSSR count). The Morgan fingerprint density at radius 2 is 2.00 bits per heavy atom. The van der Waals surface area contributed by atoms with Gasteiger partial charge in [0.2, 0.25) is 5.91 Å². The summed E-state index contributed by atoms with van der Waals surface area (Å²) in [4.78, 5) is 34.1. The van der Waals surface area contributed by atoms with Crippen LogP contribution in [0.4, 0.5) is 18.0 Å². The Labute approximate surface area is 105 Å². The number of alkyl halides is 3. The van der Waals surface area contributed by atoms with Crippen molar-refractivity contribution in [2.24, 2.45) is 0 Å². The van der Waals surface area contributed by atoms with Gasteiger partial charge in [0.25, 0.3) is 0 Å². The van der Waals surface area contributed by atoms with Crippen LogP contribution in [0.1, 0.15) is 0 Å². The largest absolute Gasteiger partial charge is 0.480 e. The molecule has 2 amide bonds. The lowest BCUT2D eigenvalue weighted by Crippen LogP contribution is -2.45. The first-order chi connectivity index (χ1) is 8.69. The zero-order chi connectivity index (χ0) is 14.6. The highest BCUT2D eigenvalue weighted by Gasteiger charge is 2.35. The topological polar surface area (TPSA) is 87.2 Å². The van der Waals surface area contributed by atoms with Gasteiger partial charge in [0, 0.05) is 0 Å². The molecule has 1 N–H and O–H groups in total. The van der Waals surface area contributed by atoms with Crippen LogP contribution in [0.25, 0.3) is 0 Å². The second-order valence-electron chi connectivity index (χ2n) is 3.81. The van der Waals surface area contributed by atoms with Gasteiger partial charge < -0.3 is 9.84 Å². The molecule has 0 atom stereocenters. The monoisotopic (exact) mass is 284 g/mol. The Balaban J connectivity index is 2.63. The number of halogens is 3. The maximum absolute atomic E-state index is 12.2. The van der Waals surface area contributed by atoms with E-state index in [1.807, 2.05) is 0 Å². The number of carboxylic acid groups (broad SMARTS) is 1. The minimum atomic E-state index is -4.64. The van der Waals surface area contributed by atoms with Crippen LogP contribution in [0.5, 0.6) is 0 Å². The Morgan fingerprint density at radius 1 is 1.37 bits per heavy atom. The second-order valence-corrected chi connectivity index (χ2v) is 3.81. The van der Waals surface area contributed by atoms with E-state index >= 15 is 0 Å². The Morgan fingerprint density at radius 3 is 2.42 bits per heavy atom. The van der Waals surface area contributed by atoms with Crippen molar-refractivity contribution < 1.29 is 37.4 Å². The van der Waals surface area contributed by atoms with Crippen molar-refractivity contribution in [2.75, 3.05) is 32.8 Å². The van der Waals surface area contributed by atoms with E-state index in [0.717, 1.165) is 0 Å². The van der Waals surface area contributed by atoms with E-state index in [9.17, 15) is 27.6 Å². The van der Waals surface area contributed by atoms with E-state index in [1.54, 1.807) is 0 Å². The highest BCUT2D eigenvalue weighted by molar-refractivity contribution is 5.94. The molecule has 19 heavy (non-hydrogen) atoms. The predicted octanol–water partition coefficient (Wildman–Crippen LogP) is -0.0859. The summed E-state index contributed by atoms with van der Waals surface area (Å²) in [6.07, 6.45) is -5.58. The number of nitrogens with zero attached hydrogens (tertiary/aromatic N) is 2. The first-order valence-corrected chi connectivity index (χ1v) is 5.17. The summed E-state index contributed by atoms with van der Waals surface area (Å²) >= 11 is 0. The molecule has 1 saturated heterocycles. The number of rotatable bonds is 5. The molecule has 0 bridgehead atoms. The molecule has 7 nitrogen and oxygen atoms in total. The Kier molecular flexibility index (Phi) is 4.70. The predicted molar refractivity (Wildman–Crippen MR) is 53.2 cm³/mol. The molecule has 0 spiro atoms. The fourth-order valence-corrected chi connectivity index (χ4v) is 1.51. The van der Waals surface area contributed by atoms with E-state index in [0.29, 0.717) is 9.80 Å². The average Bonchev–Trinajstić information content (AvgIpc) is 2.60. The number of hydrogen-bond acceptors (Lipinski definition) is 5. The lowest BCUT2D eigenvalue weighted by molar-refractivity contribution is -0.156. The van der Waals surface area contributed by atoms with E-state index in [1.165, 1.54) is 0 Å². The highest BCUT2D eigenvalue weighted by Crippen LogP contribution is 2.16. The molecule has 1 heterocycles. The number of cyclic esters (lactones) is 1. The molecule has 1 aliphatic rings. The third-order valence-electron chi connectivity index (χ3n) is 2.18. The molecule has 1 aliphatic heterocycles. The van der Waals surface area contributed by atoms with Crippen LogP contribution >= 0.6 is 0 Å². The second kappa shape index (κ2) is 5.87. The zero-order valence-electron chi connectivity index (χ0n) is 9.64. The van der Waals surface area contributed by atoms with Gasteiger partial charge in [-0.3, -0.25) is 14.5 Å². The van der Waals surface area contributed by atoms with Crippen LogP contribution < -0.4 is 0 Å². The molecule has 108 valence electrons. The van der Waals surface area contributed by atoms with Gasteiger partial charge in [0.15, 0.2) is 0 Å². The van der Waals surface area contributed by atoms with Crippen molar-refractivity contribution in [1.29, 1.82) is 0 Å². The lowest BCUT2D eigenvalue weighted by Gasteiger charge is -2.22. The molecule has 0 aromatic rings. The molecular weight excluding hydrogens is 273 g/mol. The van der Waals surface area contributed by atoms with Crippen molar-refractivity contribution in [3.8, 4) is 0 Å². The van der Waals surface area contributed by atoms with Gasteiger partial charge in [-0.1, -0.05) is 0 Å². The van der Waals surface area contributed by atoms with E-state index < -0.39 is 43.8 Å². The fourth-order valence-electron chi connectivity index (χ4n) is 1.51. The normalized spacial score (nSPS) is 15.8. The van der Waals surface area contributed by atoms with Crippen LogP contribution in [0.2, 0.25) is 0 Å². The number of carboxylic acids is 1. The minimum absolute atomic E-state index is 0.0250. The zero-order valence-corrected chi connectivity index (χ0v) is 9.64. The maximum atomic E-state index is 12.2. The van der Waals surface area contributed by atoms with Crippen LogP contribution in [0, 0.1) is 0 Å². The Bertz CT molecular complexity index is 385. The van der Waals surface area contributed by atoms with Crippen molar-refractivity contribution >= 4 is 18.0 Å². The van der Waals surface area contributed by atoms with Gasteiger partial charge in [-0.15, -0.1) is 0 Å². The summed E-state index contributed by atoms with van der Waals surface area (Å²) in [5.74, 6) is -2.42. The fraction of sp³-hybridized carbons (Fsp3) is 0.667. The van der Waals surface area contributed by atoms with Gasteiger partial charge in [-0.25, -0.2) is 9.69 Å². The molecule has 0 radical (unpaired) electrons. The number of amides is 2. The van der Waals surface area contributed by atoms with Gasteiger partial charge >= 0.3 is 18.2 Å². The standard InChI is InChI=1S/C9H11F3N2O5/c10-9(11,12)5-13(4-7(16)17)3-6(15)14-1-2-19-8(14)18/h1-5H2,(H,16,17). The van der Waals surface area contributed by atoms with Crippen molar-refractivity contribution in [1.82, 2.24) is 9.80 Å². The summed E-state index contributed by atoms with van der Waals surface area (Å²) in [6, 6.07) is 0. The van der Waals surface area contributed by atoms with Gasteiger partial charge in [-0.2, -0.15) is 13.2 Å². The van der Waals surface area contributed by atoms with Gasteiger partial charge in [0.05, 0.1) is 26.2 Å². The quantitative estimate of drug-likeness (QED) is 0.759. The van der Waals surface area contributed by atoms with Crippen LogP contribution in [-0.2, 0) is 14.3 Å². The molecule has 0 saturated carbocycles. The number of carbonyl (C=O) groups excluding carboxylic acids is 2. The van der Waals surface area contributed by atoms with E-state index in [4.69, 9.17) is 5.11 Å². The van der Waals surface area contributed by atoms with Crippen molar-refractivity contribution in [3.63, 3.8) is 0 Å². The first kappa shape index (κ1) is 15.2. The van der Waals surface area contributed by atoms with Crippen LogP contribution in [0.15, 0.2) is 0 Å². The Hall–Kier alpha value is -1.84. The summed E-state index contributed by atoms with van der Waals surface area (Å²) in [5.41, 5.74) is 0. The number of aliphatic carboxylic acids is 1. The summed E-state index contributed by atoms with van der Waals surface area (Å²) in [6.45, 7) is -3.39. The molecule has 0 aromatic heterocycles. The average molecular weight is 284 g/mol. The van der Waals surface area contributed by atoms with Crippen molar-refractivity contribution in [3.05, 3.63) is 0 Å². The molecule has 0 unspecified atom stereocenters. The molecular formula is C9H11F3N2O5. The molecule has 0 aromatic carbocycles. The number of imide groups is 1. The van der Waals surface area contributed by atoms with Crippen LogP contribution in [-0.4, -0.2) is 71.8 Å². The molecule has 10 heteroatoms.